The molecule has 0 aliphatic rings. The highest BCUT2D eigenvalue weighted by Crippen LogP contribution is 2.12. The molecule has 0 radical (unpaired) electrons. The van der Waals surface area contributed by atoms with Crippen LogP contribution in [0, 0.1) is 16.7 Å². The van der Waals surface area contributed by atoms with Crippen molar-refractivity contribution in [2.75, 3.05) is 12.4 Å². The van der Waals surface area contributed by atoms with Crippen molar-refractivity contribution in [3.05, 3.63) is 29.8 Å². The third kappa shape index (κ3) is 4.71. The molecule has 0 aliphatic heterocycles. The van der Waals surface area contributed by atoms with Gasteiger partial charge in [0.05, 0.1) is 18.2 Å². The molecule has 4 nitrogen and oxygen atoms in total. The molecule has 0 amide bonds. The number of nitrogens with two attached hydrogens (primary N) is 1. The van der Waals surface area contributed by atoms with Crippen molar-refractivity contribution in [3.8, 4) is 11.8 Å². The van der Waals surface area contributed by atoms with E-state index in [0.29, 0.717) is 12.2 Å². The van der Waals surface area contributed by atoms with Crippen LogP contribution < -0.4 is 10.5 Å². The van der Waals surface area contributed by atoms with Crippen LogP contribution in [0.2, 0.25) is 0 Å². The summed E-state index contributed by atoms with van der Waals surface area (Å²) in [6.45, 7) is 0.589. The average Bonchev–Trinajstić information content (AvgIpc) is 2.29. The number of amidine groups is 1. The van der Waals surface area contributed by atoms with Gasteiger partial charge in [-0.15, -0.1) is 0 Å². The molecule has 3 N–H and O–H groups in total. The first-order valence-electron chi connectivity index (χ1n) is 4.82. The Labute approximate surface area is 98.9 Å². The van der Waals surface area contributed by atoms with E-state index in [1.165, 1.54) is 11.8 Å². The number of hydrogen-bond donors (Lipinski definition) is 2. The summed E-state index contributed by atoms with van der Waals surface area (Å²) in [5, 5.41) is 15.7. The number of rotatable bonds is 5. The van der Waals surface area contributed by atoms with Gasteiger partial charge in [-0.25, -0.2) is 0 Å². The lowest BCUT2D eigenvalue weighted by molar-refractivity contribution is 0.319. The molecule has 0 atom stereocenters. The summed E-state index contributed by atoms with van der Waals surface area (Å²) in [5.41, 5.74) is 5.82. The number of benzene rings is 1. The highest BCUT2D eigenvalue weighted by atomic mass is 32.2. The first-order chi connectivity index (χ1) is 7.72. The van der Waals surface area contributed by atoms with E-state index in [0.717, 1.165) is 17.9 Å². The van der Waals surface area contributed by atoms with Gasteiger partial charge >= 0.3 is 0 Å². The molecular weight excluding hydrogens is 222 g/mol. The molecule has 0 aliphatic carbocycles. The maximum Gasteiger partial charge on any atom is 0.151 e. The van der Waals surface area contributed by atoms with Gasteiger partial charge in [-0.05, 0) is 30.7 Å². The molecule has 0 saturated heterocycles. The summed E-state index contributed by atoms with van der Waals surface area (Å²) in [7, 11) is 0. The SMILES string of the molecule is N#Cc1ccc(OCCCSC(=N)N)cc1. The van der Waals surface area contributed by atoms with Crippen LogP contribution in [0.25, 0.3) is 0 Å². The lowest BCUT2D eigenvalue weighted by Gasteiger charge is -2.05. The van der Waals surface area contributed by atoms with Gasteiger partial charge in [0, 0.05) is 5.75 Å². The minimum atomic E-state index is 0.137. The Morgan fingerprint density at radius 2 is 2.12 bits per heavy atom. The molecule has 0 fully saturated rings. The molecule has 16 heavy (non-hydrogen) atoms. The fourth-order valence-electron chi connectivity index (χ4n) is 1.06. The van der Waals surface area contributed by atoms with Crippen molar-refractivity contribution in [3.63, 3.8) is 0 Å². The summed E-state index contributed by atoms with van der Waals surface area (Å²) < 4.78 is 5.45. The van der Waals surface area contributed by atoms with Crippen LogP contribution in [0.5, 0.6) is 5.75 Å². The van der Waals surface area contributed by atoms with Crippen LogP contribution in [0.3, 0.4) is 0 Å². The Bertz CT molecular complexity index is 383. The number of thioether (sulfide) groups is 1. The Morgan fingerprint density at radius 3 is 2.69 bits per heavy atom. The van der Waals surface area contributed by atoms with E-state index < -0.39 is 0 Å². The molecular formula is C11H13N3OS. The lowest BCUT2D eigenvalue weighted by atomic mass is 10.2. The highest BCUT2D eigenvalue weighted by Gasteiger charge is 1.95. The predicted molar refractivity (Wildman–Crippen MR) is 65.6 cm³/mol. The number of nitrogens with one attached hydrogen (secondary N) is 1. The largest absolute Gasteiger partial charge is 0.494 e. The molecule has 1 aromatic rings. The van der Waals surface area contributed by atoms with Gasteiger partial charge in [0.25, 0.3) is 0 Å². The third-order valence-corrected chi connectivity index (χ3v) is 2.60. The monoisotopic (exact) mass is 235 g/mol. The van der Waals surface area contributed by atoms with Crippen molar-refractivity contribution < 1.29 is 4.74 Å². The van der Waals surface area contributed by atoms with E-state index in [-0.39, 0.29) is 5.17 Å². The number of hydrogen-bond acceptors (Lipinski definition) is 4. The topological polar surface area (TPSA) is 82.9 Å². The van der Waals surface area contributed by atoms with Gasteiger partial charge in [-0.3, -0.25) is 5.41 Å². The molecule has 0 saturated carbocycles. The minimum absolute atomic E-state index is 0.137. The van der Waals surface area contributed by atoms with Crippen molar-refractivity contribution in [2.45, 2.75) is 6.42 Å². The van der Waals surface area contributed by atoms with E-state index in [1.807, 2.05) is 6.07 Å². The number of nitriles is 1. The standard InChI is InChI=1S/C11H13N3OS/c12-8-9-2-4-10(5-3-9)15-6-1-7-16-11(13)14/h2-5H,1,6-7H2,(H3,13,14). The van der Waals surface area contributed by atoms with Gasteiger partial charge in [-0.1, -0.05) is 11.8 Å². The molecule has 0 aromatic heterocycles. The second-order valence-corrected chi connectivity index (χ2v) is 4.19. The van der Waals surface area contributed by atoms with E-state index in [9.17, 15) is 0 Å². The van der Waals surface area contributed by atoms with Crippen molar-refractivity contribution in [2.24, 2.45) is 5.73 Å². The second-order valence-electron chi connectivity index (χ2n) is 3.05. The lowest BCUT2D eigenvalue weighted by Crippen LogP contribution is -2.06. The molecule has 0 heterocycles. The molecule has 1 rings (SSSR count). The summed E-state index contributed by atoms with van der Waals surface area (Å²) in [6.07, 6.45) is 0.838. The van der Waals surface area contributed by atoms with Crippen LogP contribution in [0.4, 0.5) is 0 Å². The molecule has 5 heteroatoms. The van der Waals surface area contributed by atoms with Crippen molar-refractivity contribution in [1.82, 2.24) is 0 Å². The van der Waals surface area contributed by atoms with Crippen LogP contribution in [-0.2, 0) is 0 Å². The van der Waals surface area contributed by atoms with Gasteiger partial charge in [0.1, 0.15) is 5.75 Å². The van der Waals surface area contributed by atoms with E-state index in [2.05, 4.69) is 0 Å². The normalized spacial score (nSPS) is 9.44. The quantitative estimate of drug-likeness (QED) is 0.464. The molecule has 84 valence electrons. The molecule has 1 aromatic carbocycles. The first kappa shape index (κ1) is 12.4. The fourth-order valence-corrected chi connectivity index (χ4v) is 1.54. The zero-order valence-electron chi connectivity index (χ0n) is 8.77. The number of nitrogens with zero attached hydrogens (tertiary/aromatic N) is 1. The number of ether oxygens (including phenoxy) is 1. The van der Waals surface area contributed by atoms with Gasteiger partial charge < -0.3 is 10.5 Å². The summed E-state index contributed by atoms with van der Waals surface area (Å²) in [5.74, 6) is 1.54. The Morgan fingerprint density at radius 1 is 1.44 bits per heavy atom. The maximum atomic E-state index is 8.60. The predicted octanol–water partition coefficient (Wildman–Crippen LogP) is 1.95. The molecule has 0 unspecified atom stereocenters. The third-order valence-electron chi connectivity index (χ3n) is 1.80. The van der Waals surface area contributed by atoms with Gasteiger partial charge in [0.2, 0.25) is 0 Å². The maximum absolute atomic E-state index is 8.60. The Kier molecular flexibility index (Phi) is 5.23. The summed E-state index contributed by atoms with van der Waals surface area (Å²) in [6, 6.07) is 9.04. The van der Waals surface area contributed by atoms with Crippen LogP contribution >= 0.6 is 11.8 Å². The average molecular weight is 235 g/mol. The van der Waals surface area contributed by atoms with Crippen LogP contribution in [0.15, 0.2) is 24.3 Å². The minimum Gasteiger partial charge on any atom is -0.494 e. The van der Waals surface area contributed by atoms with Crippen LogP contribution in [-0.4, -0.2) is 17.5 Å². The first-order valence-corrected chi connectivity index (χ1v) is 5.80. The van der Waals surface area contributed by atoms with E-state index in [1.54, 1.807) is 24.3 Å². The molecule has 0 spiro atoms. The Balaban J connectivity index is 2.22. The van der Waals surface area contributed by atoms with Gasteiger partial charge in [-0.2, -0.15) is 5.26 Å². The zero-order valence-corrected chi connectivity index (χ0v) is 9.59. The summed E-state index contributed by atoms with van der Waals surface area (Å²) in [4.78, 5) is 0. The Hall–Kier alpha value is -1.67. The van der Waals surface area contributed by atoms with Crippen molar-refractivity contribution >= 4 is 16.9 Å². The zero-order chi connectivity index (χ0) is 11.8. The van der Waals surface area contributed by atoms with E-state index in [4.69, 9.17) is 21.1 Å². The second kappa shape index (κ2) is 6.75. The fraction of sp³-hybridized carbons (Fsp3) is 0.273. The van der Waals surface area contributed by atoms with Gasteiger partial charge in [0.15, 0.2) is 5.17 Å². The molecule has 0 bridgehead atoms. The summed E-state index contributed by atoms with van der Waals surface area (Å²) >= 11 is 1.31. The van der Waals surface area contributed by atoms with E-state index >= 15 is 0 Å². The van der Waals surface area contributed by atoms with Crippen molar-refractivity contribution in [1.29, 1.82) is 10.7 Å². The smallest absolute Gasteiger partial charge is 0.151 e. The highest BCUT2D eigenvalue weighted by molar-refractivity contribution is 8.13. The van der Waals surface area contributed by atoms with Crippen LogP contribution in [0.1, 0.15) is 12.0 Å².